The summed E-state index contributed by atoms with van der Waals surface area (Å²) >= 11 is 0. The van der Waals surface area contributed by atoms with Crippen molar-refractivity contribution in [2.45, 2.75) is 27.2 Å². The van der Waals surface area contributed by atoms with E-state index < -0.39 is 0 Å². The number of nitrogens with zero attached hydrogens (tertiary/aromatic N) is 1. The van der Waals surface area contributed by atoms with Crippen LogP contribution in [-0.4, -0.2) is 71.2 Å². The summed E-state index contributed by atoms with van der Waals surface area (Å²) in [7, 11) is 1.67. The van der Waals surface area contributed by atoms with Crippen molar-refractivity contribution in [3.8, 4) is 0 Å². The number of hydrogen-bond donors (Lipinski definition) is 1. The molecular formula is C15H34N2O3. The Labute approximate surface area is 124 Å². The van der Waals surface area contributed by atoms with Gasteiger partial charge in [-0.05, 0) is 24.9 Å². The lowest BCUT2D eigenvalue weighted by Gasteiger charge is -2.31. The molecule has 0 heterocycles. The van der Waals surface area contributed by atoms with Crippen LogP contribution >= 0.6 is 0 Å². The van der Waals surface area contributed by atoms with Gasteiger partial charge in [-0.25, -0.2) is 0 Å². The van der Waals surface area contributed by atoms with Gasteiger partial charge in [0.25, 0.3) is 0 Å². The largest absolute Gasteiger partial charge is 0.382 e. The Morgan fingerprint density at radius 3 is 2.10 bits per heavy atom. The SMILES string of the molecule is CCCN(CCOCCOCCOC)CC(C)(C)CN. The second-order valence-corrected chi connectivity index (χ2v) is 5.86. The quantitative estimate of drug-likeness (QED) is 0.490. The second-order valence-electron chi connectivity index (χ2n) is 5.86. The first-order valence-corrected chi connectivity index (χ1v) is 7.62. The fourth-order valence-electron chi connectivity index (χ4n) is 1.91. The zero-order valence-electron chi connectivity index (χ0n) is 13.8. The maximum absolute atomic E-state index is 5.80. The van der Waals surface area contributed by atoms with Gasteiger partial charge in [-0.1, -0.05) is 20.8 Å². The predicted molar refractivity (Wildman–Crippen MR) is 83.1 cm³/mol. The van der Waals surface area contributed by atoms with E-state index in [-0.39, 0.29) is 5.41 Å². The van der Waals surface area contributed by atoms with Gasteiger partial charge in [0.1, 0.15) is 0 Å². The minimum absolute atomic E-state index is 0.165. The summed E-state index contributed by atoms with van der Waals surface area (Å²) in [5.74, 6) is 0. The Morgan fingerprint density at radius 1 is 0.950 bits per heavy atom. The lowest BCUT2D eigenvalue weighted by molar-refractivity contribution is 0.0173. The molecule has 0 radical (unpaired) electrons. The highest BCUT2D eigenvalue weighted by molar-refractivity contribution is 4.74. The topological polar surface area (TPSA) is 57.0 Å². The highest BCUT2D eigenvalue weighted by atomic mass is 16.5. The van der Waals surface area contributed by atoms with Gasteiger partial charge in [0, 0.05) is 20.2 Å². The highest BCUT2D eigenvalue weighted by Crippen LogP contribution is 2.14. The van der Waals surface area contributed by atoms with Crippen LogP contribution in [0.3, 0.4) is 0 Å². The van der Waals surface area contributed by atoms with Crippen LogP contribution in [0, 0.1) is 5.41 Å². The van der Waals surface area contributed by atoms with Gasteiger partial charge in [0.15, 0.2) is 0 Å². The van der Waals surface area contributed by atoms with Gasteiger partial charge in [-0.3, -0.25) is 0 Å². The number of nitrogens with two attached hydrogens (primary N) is 1. The van der Waals surface area contributed by atoms with E-state index in [1.54, 1.807) is 7.11 Å². The standard InChI is InChI=1S/C15H34N2O3/c1-5-6-17(14-15(2,3)13-16)7-8-19-11-12-20-10-9-18-4/h5-14,16H2,1-4H3. The molecule has 2 N–H and O–H groups in total. The van der Waals surface area contributed by atoms with Crippen LogP contribution in [-0.2, 0) is 14.2 Å². The molecule has 0 aliphatic carbocycles. The zero-order valence-corrected chi connectivity index (χ0v) is 13.8. The molecule has 0 aromatic rings. The maximum Gasteiger partial charge on any atom is 0.0701 e. The van der Waals surface area contributed by atoms with E-state index in [2.05, 4.69) is 25.7 Å². The average molecular weight is 290 g/mol. The fraction of sp³-hybridized carbons (Fsp3) is 1.00. The molecule has 0 rings (SSSR count). The van der Waals surface area contributed by atoms with Crippen molar-refractivity contribution in [1.82, 2.24) is 4.90 Å². The third-order valence-corrected chi connectivity index (χ3v) is 3.10. The Hall–Kier alpha value is -0.200. The van der Waals surface area contributed by atoms with Gasteiger partial charge in [0.05, 0.1) is 33.0 Å². The Kier molecular flexibility index (Phi) is 12.4. The lowest BCUT2D eigenvalue weighted by Crippen LogP contribution is -2.40. The van der Waals surface area contributed by atoms with Gasteiger partial charge in [0.2, 0.25) is 0 Å². The molecule has 0 aliphatic rings. The van der Waals surface area contributed by atoms with E-state index in [1.165, 1.54) is 0 Å². The molecular weight excluding hydrogens is 256 g/mol. The molecule has 122 valence electrons. The summed E-state index contributed by atoms with van der Waals surface area (Å²) in [6.45, 7) is 13.7. The summed E-state index contributed by atoms with van der Waals surface area (Å²) in [6, 6.07) is 0. The summed E-state index contributed by atoms with van der Waals surface area (Å²) in [4.78, 5) is 2.43. The van der Waals surface area contributed by atoms with Crippen molar-refractivity contribution < 1.29 is 14.2 Å². The van der Waals surface area contributed by atoms with E-state index in [0.29, 0.717) is 33.0 Å². The van der Waals surface area contributed by atoms with E-state index in [9.17, 15) is 0 Å². The molecule has 0 bridgehead atoms. The number of hydrogen-bond acceptors (Lipinski definition) is 5. The van der Waals surface area contributed by atoms with Gasteiger partial charge in [-0.2, -0.15) is 0 Å². The van der Waals surface area contributed by atoms with Crippen LogP contribution < -0.4 is 5.73 Å². The minimum Gasteiger partial charge on any atom is -0.382 e. The molecule has 20 heavy (non-hydrogen) atoms. The van der Waals surface area contributed by atoms with Crippen molar-refractivity contribution in [3.05, 3.63) is 0 Å². The number of rotatable bonds is 14. The first-order valence-electron chi connectivity index (χ1n) is 7.62. The van der Waals surface area contributed by atoms with Crippen LogP contribution in [0.4, 0.5) is 0 Å². The van der Waals surface area contributed by atoms with Crippen LogP contribution in [0.15, 0.2) is 0 Å². The Balaban J connectivity index is 3.65. The maximum atomic E-state index is 5.80. The van der Waals surface area contributed by atoms with Gasteiger partial charge >= 0.3 is 0 Å². The smallest absolute Gasteiger partial charge is 0.0701 e. The van der Waals surface area contributed by atoms with E-state index in [1.807, 2.05) is 0 Å². The first-order chi connectivity index (χ1) is 9.55. The molecule has 0 atom stereocenters. The summed E-state index contributed by atoms with van der Waals surface area (Å²) in [6.07, 6.45) is 1.15. The molecule has 0 saturated carbocycles. The van der Waals surface area contributed by atoms with Crippen molar-refractivity contribution in [1.29, 1.82) is 0 Å². The fourth-order valence-corrected chi connectivity index (χ4v) is 1.91. The van der Waals surface area contributed by atoms with Gasteiger partial charge < -0.3 is 24.8 Å². The van der Waals surface area contributed by atoms with Crippen molar-refractivity contribution in [3.63, 3.8) is 0 Å². The van der Waals surface area contributed by atoms with Crippen LogP contribution in [0.2, 0.25) is 0 Å². The second kappa shape index (κ2) is 12.5. The molecule has 0 unspecified atom stereocenters. The van der Waals surface area contributed by atoms with Crippen molar-refractivity contribution in [2.24, 2.45) is 11.1 Å². The molecule has 0 saturated heterocycles. The van der Waals surface area contributed by atoms with E-state index in [0.717, 1.165) is 32.7 Å². The molecule has 0 aromatic heterocycles. The molecule has 0 aromatic carbocycles. The van der Waals surface area contributed by atoms with Crippen molar-refractivity contribution >= 4 is 0 Å². The average Bonchev–Trinajstić information content (AvgIpc) is 2.41. The highest BCUT2D eigenvalue weighted by Gasteiger charge is 2.19. The van der Waals surface area contributed by atoms with Crippen LogP contribution in [0.25, 0.3) is 0 Å². The molecule has 0 amide bonds. The summed E-state index contributed by atoms with van der Waals surface area (Å²) in [5.41, 5.74) is 5.97. The van der Waals surface area contributed by atoms with Crippen molar-refractivity contribution in [2.75, 3.05) is 66.3 Å². The molecule has 0 aliphatic heterocycles. The third-order valence-electron chi connectivity index (χ3n) is 3.10. The Morgan fingerprint density at radius 2 is 1.55 bits per heavy atom. The normalized spacial score (nSPS) is 12.3. The predicted octanol–water partition coefficient (Wildman–Crippen LogP) is 1.36. The Bertz CT molecular complexity index is 213. The van der Waals surface area contributed by atoms with E-state index in [4.69, 9.17) is 19.9 Å². The minimum atomic E-state index is 0.165. The first kappa shape index (κ1) is 19.8. The van der Waals surface area contributed by atoms with E-state index >= 15 is 0 Å². The third kappa shape index (κ3) is 11.6. The number of methoxy groups -OCH3 is 1. The zero-order chi connectivity index (χ0) is 15.3. The molecule has 5 heteroatoms. The lowest BCUT2D eigenvalue weighted by atomic mass is 9.93. The monoisotopic (exact) mass is 290 g/mol. The van der Waals surface area contributed by atoms with Crippen LogP contribution in [0.1, 0.15) is 27.2 Å². The van der Waals surface area contributed by atoms with Crippen LogP contribution in [0.5, 0.6) is 0 Å². The molecule has 5 nitrogen and oxygen atoms in total. The molecule has 0 fully saturated rings. The van der Waals surface area contributed by atoms with Gasteiger partial charge in [-0.15, -0.1) is 0 Å². The summed E-state index contributed by atoms with van der Waals surface area (Å²) in [5, 5.41) is 0. The number of ether oxygens (including phenoxy) is 3. The molecule has 0 spiro atoms. The summed E-state index contributed by atoms with van der Waals surface area (Å²) < 4.78 is 15.8.